The van der Waals surface area contributed by atoms with E-state index in [-0.39, 0.29) is 24.0 Å². The molecule has 0 aromatic carbocycles. The molecule has 0 radical (unpaired) electrons. The van der Waals surface area contributed by atoms with E-state index in [0.717, 1.165) is 56.8 Å². The molecule has 0 bridgehead atoms. The number of aliphatic imine (C=N–C) groups is 1. The molecule has 0 aliphatic heterocycles. The number of aryl methyl sites for hydroxylation is 3. The van der Waals surface area contributed by atoms with Crippen molar-refractivity contribution in [2.75, 3.05) is 20.1 Å². The molecule has 2 heterocycles. The summed E-state index contributed by atoms with van der Waals surface area (Å²) in [7, 11) is 1.81. The lowest BCUT2D eigenvalue weighted by Crippen LogP contribution is -2.38. The van der Waals surface area contributed by atoms with Gasteiger partial charge in [-0.05, 0) is 32.6 Å². The van der Waals surface area contributed by atoms with Crippen LogP contribution in [0.1, 0.15) is 40.4 Å². The number of rotatable bonds is 9. The smallest absolute Gasteiger partial charge is 0.190 e. The van der Waals surface area contributed by atoms with Crippen LogP contribution in [0.3, 0.4) is 0 Å². The zero-order valence-corrected chi connectivity index (χ0v) is 19.1. The Hall–Kier alpha value is -0.740. The molecule has 0 unspecified atom stereocenters. The Labute approximate surface area is 175 Å². The topological polar surface area (TPSA) is 62.2 Å². The predicted molar refractivity (Wildman–Crippen MR) is 120 cm³/mol. The first-order valence-electron chi connectivity index (χ1n) is 8.50. The number of halogens is 1. The second kappa shape index (κ2) is 12.6. The van der Waals surface area contributed by atoms with Crippen LogP contribution in [-0.2, 0) is 19.3 Å². The van der Waals surface area contributed by atoms with E-state index in [4.69, 9.17) is 0 Å². The fourth-order valence-corrected chi connectivity index (χ4v) is 3.94. The standard InChI is InChI=1S/C17H27N5S2.HI/c1-4-14-11-21-15(24-14)8-10-20-17(18-3)19-9-6-5-7-16-22-13(2)12-23-16;/h11-12H,4-10H2,1-3H3,(H2,18,19,20);1H. The molecule has 2 N–H and O–H groups in total. The van der Waals surface area contributed by atoms with Crippen LogP contribution in [0.2, 0.25) is 0 Å². The van der Waals surface area contributed by atoms with Crippen LogP contribution in [0.4, 0.5) is 0 Å². The highest BCUT2D eigenvalue weighted by molar-refractivity contribution is 14.0. The fraction of sp³-hybridized carbons (Fsp3) is 0.588. The molecule has 0 aliphatic carbocycles. The van der Waals surface area contributed by atoms with Crippen LogP contribution in [0, 0.1) is 6.92 Å². The van der Waals surface area contributed by atoms with Crippen LogP contribution >= 0.6 is 46.7 Å². The number of thiazole rings is 2. The second-order valence-corrected chi connectivity index (χ2v) is 7.73. The predicted octanol–water partition coefficient (Wildman–Crippen LogP) is 3.82. The van der Waals surface area contributed by atoms with Gasteiger partial charge in [0.1, 0.15) is 0 Å². The minimum atomic E-state index is 0. The SMILES string of the molecule is CCc1cnc(CCNC(=NC)NCCCCc2nc(C)cs2)s1.I. The summed E-state index contributed by atoms with van der Waals surface area (Å²) in [5, 5.41) is 11.3. The second-order valence-electron chi connectivity index (χ2n) is 5.59. The normalized spacial score (nSPS) is 11.2. The summed E-state index contributed by atoms with van der Waals surface area (Å²) in [6.07, 6.45) is 7.32. The van der Waals surface area contributed by atoms with Crippen molar-refractivity contribution in [1.82, 2.24) is 20.6 Å². The minimum absolute atomic E-state index is 0. The Kier molecular flexibility index (Phi) is 11.2. The van der Waals surface area contributed by atoms with Crippen molar-refractivity contribution in [3.8, 4) is 0 Å². The molecule has 140 valence electrons. The van der Waals surface area contributed by atoms with Gasteiger partial charge < -0.3 is 10.6 Å². The average molecular weight is 493 g/mol. The van der Waals surface area contributed by atoms with Crippen molar-refractivity contribution in [3.63, 3.8) is 0 Å². The van der Waals surface area contributed by atoms with Gasteiger partial charge in [-0.15, -0.1) is 46.7 Å². The first-order valence-corrected chi connectivity index (χ1v) is 10.2. The number of guanidine groups is 1. The van der Waals surface area contributed by atoms with E-state index in [9.17, 15) is 0 Å². The summed E-state index contributed by atoms with van der Waals surface area (Å²) in [6.45, 7) is 6.00. The lowest BCUT2D eigenvalue weighted by atomic mass is 10.2. The Morgan fingerprint density at radius 1 is 1.16 bits per heavy atom. The van der Waals surface area contributed by atoms with Gasteiger partial charge >= 0.3 is 0 Å². The van der Waals surface area contributed by atoms with E-state index in [0.29, 0.717) is 0 Å². The Balaban J connectivity index is 0.00000312. The van der Waals surface area contributed by atoms with Crippen molar-refractivity contribution in [1.29, 1.82) is 0 Å². The number of nitrogens with one attached hydrogen (secondary N) is 2. The van der Waals surface area contributed by atoms with Gasteiger partial charge in [0.05, 0.1) is 10.0 Å². The number of aromatic nitrogens is 2. The molecule has 0 atom stereocenters. The molecule has 2 rings (SSSR count). The van der Waals surface area contributed by atoms with Gasteiger partial charge in [-0.3, -0.25) is 4.99 Å². The summed E-state index contributed by atoms with van der Waals surface area (Å²) in [5.74, 6) is 0.868. The molecule has 0 aliphatic rings. The molecule has 0 amide bonds. The Morgan fingerprint density at radius 3 is 2.60 bits per heavy atom. The highest BCUT2D eigenvalue weighted by Crippen LogP contribution is 2.13. The zero-order chi connectivity index (χ0) is 17.2. The molecule has 2 aromatic rings. The molecule has 0 fully saturated rings. The van der Waals surface area contributed by atoms with Gasteiger partial charge in [-0.1, -0.05) is 6.92 Å². The third-order valence-electron chi connectivity index (χ3n) is 3.58. The van der Waals surface area contributed by atoms with Crippen LogP contribution in [0.25, 0.3) is 0 Å². The summed E-state index contributed by atoms with van der Waals surface area (Å²) >= 11 is 3.56. The number of hydrogen-bond donors (Lipinski definition) is 2. The highest BCUT2D eigenvalue weighted by Gasteiger charge is 2.02. The number of unbranched alkanes of at least 4 members (excludes halogenated alkanes) is 1. The third-order valence-corrected chi connectivity index (χ3v) is 5.81. The van der Waals surface area contributed by atoms with E-state index in [1.807, 2.05) is 20.2 Å². The van der Waals surface area contributed by atoms with E-state index >= 15 is 0 Å². The van der Waals surface area contributed by atoms with Gasteiger partial charge in [0.15, 0.2) is 5.96 Å². The molecule has 25 heavy (non-hydrogen) atoms. The molecule has 5 nitrogen and oxygen atoms in total. The van der Waals surface area contributed by atoms with E-state index in [2.05, 4.69) is 37.9 Å². The molecular weight excluding hydrogens is 465 g/mol. The molecular formula is C17H28IN5S2. The lowest BCUT2D eigenvalue weighted by molar-refractivity contribution is 0.691. The first-order chi connectivity index (χ1) is 11.7. The summed E-state index contributed by atoms with van der Waals surface area (Å²) in [4.78, 5) is 14.6. The van der Waals surface area contributed by atoms with Gasteiger partial charge in [-0.2, -0.15) is 0 Å². The Morgan fingerprint density at radius 2 is 1.96 bits per heavy atom. The van der Waals surface area contributed by atoms with Crippen LogP contribution in [0.5, 0.6) is 0 Å². The largest absolute Gasteiger partial charge is 0.356 e. The summed E-state index contributed by atoms with van der Waals surface area (Å²) in [6, 6.07) is 0. The van der Waals surface area contributed by atoms with E-state index in [1.54, 1.807) is 22.7 Å². The van der Waals surface area contributed by atoms with Gasteiger partial charge in [0, 0.05) is 48.7 Å². The third kappa shape index (κ3) is 8.46. The molecule has 8 heteroatoms. The van der Waals surface area contributed by atoms with Gasteiger partial charge in [0.25, 0.3) is 0 Å². The molecule has 0 saturated heterocycles. The highest BCUT2D eigenvalue weighted by atomic mass is 127. The fourth-order valence-electron chi connectivity index (χ4n) is 2.26. The molecule has 2 aromatic heterocycles. The van der Waals surface area contributed by atoms with Crippen molar-refractivity contribution < 1.29 is 0 Å². The number of hydrogen-bond acceptors (Lipinski definition) is 5. The van der Waals surface area contributed by atoms with Crippen LogP contribution in [0.15, 0.2) is 16.6 Å². The quantitative estimate of drug-likeness (QED) is 0.241. The molecule has 0 saturated carbocycles. The van der Waals surface area contributed by atoms with Crippen LogP contribution in [-0.4, -0.2) is 36.1 Å². The maximum Gasteiger partial charge on any atom is 0.190 e. The van der Waals surface area contributed by atoms with Gasteiger partial charge in [0.2, 0.25) is 0 Å². The summed E-state index contributed by atoms with van der Waals surface area (Å²) < 4.78 is 0. The first kappa shape index (κ1) is 22.3. The van der Waals surface area contributed by atoms with Crippen molar-refractivity contribution in [2.45, 2.75) is 46.0 Å². The zero-order valence-electron chi connectivity index (χ0n) is 15.2. The minimum Gasteiger partial charge on any atom is -0.356 e. The van der Waals surface area contributed by atoms with E-state index < -0.39 is 0 Å². The Bertz CT molecular complexity index is 639. The monoisotopic (exact) mass is 493 g/mol. The maximum atomic E-state index is 4.49. The van der Waals surface area contributed by atoms with Gasteiger partial charge in [-0.25, -0.2) is 9.97 Å². The lowest BCUT2D eigenvalue weighted by Gasteiger charge is -2.11. The summed E-state index contributed by atoms with van der Waals surface area (Å²) in [5.41, 5.74) is 1.13. The van der Waals surface area contributed by atoms with Crippen LogP contribution < -0.4 is 10.6 Å². The number of nitrogens with zero attached hydrogens (tertiary/aromatic N) is 3. The van der Waals surface area contributed by atoms with Crippen molar-refractivity contribution >= 4 is 52.6 Å². The van der Waals surface area contributed by atoms with Crippen molar-refractivity contribution in [3.05, 3.63) is 32.2 Å². The molecule has 0 spiro atoms. The van der Waals surface area contributed by atoms with E-state index in [1.165, 1.54) is 14.9 Å². The average Bonchev–Trinajstić information content (AvgIpc) is 3.21. The maximum absolute atomic E-state index is 4.49. The van der Waals surface area contributed by atoms with Crippen molar-refractivity contribution in [2.24, 2.45) is 4.99 Å².